The summed E-state index contributed by atoms with van der Waals surface area (Å²) < 4.78 is 15.5. The van der Waals surface area contributed by atoms with Gasteiger partial charge >= 0.3 is 5.97 Å². The molecule has 0 radical (unpaired) electrons. The molecule has 7 heteroatoms. The van der Waals surface area contributed by atoms with Crippen LogP contribution in [0.3, 0.4) is 0 Å². The Bertz CT molecular complexity index is 1080. The van der Waals surface area contributed by atoms with Crippen LogP contribution in [-0.4, -0.2) is 25.2 Å². The van der Waals surface area contributed by atoms with Crippen LogP contribution in [-0.2, 0) is 4.79 Å². The van der Waals surface area contributed by atoms with Gasteiger partial charge in [-0.2, -0.15) is 5.10 Å². The topological polar surface area (TPSA) is 90.1 Å². The summed E-state index contributed by atoms with van der Waals surface area (Å²) in [5, 5.41) is 3.92. The predicted molar refractivity (Wildman–Crippen MR) is 113 cm³/mol. The molecule has 3 rings (SSSR count). The Morgan fingerprint density at radius 2 is 1.83 bits per heavy atom. The minimum Gasteiger partial charge on any atom is -0.497 e. The van der Waals surface area contributed by atoms with E-state index in [1.165, 1.54) is 18.6 Å². The number of hydrazone groups is 1. The lowest BCUT2D eigenvalue weighted by atomic mass is 10.2. The van der Waals surface area contributed by atoms with Crippen LogP contribution >= 0.6 is 0 Å². The summed E-state index contributed by atoms with van der Waals surface area (Å²) in [5.74, 6) is 0.733. The number of carbonyl (C=O) groups excluding carboxylic acids is 2. The van der Waals surface area contributed by atoms with Crippen LogP contribution in [0.2, 0.25) is 0 Å². The van der Waals surface area contributed by atoms with Crippen LogP contribution in [0.4, 0.5) is 0 Å². The molecule has 0 atom stereocenters. The van der Waals surface area contributed by atoms with Gasteiger partial charge in [-0.3, -0.25) is 4.79 Å². The van der Waals surface area contributed by atoms with E-state index in [2.05, 4.69) is 10.5 Å². The van der Waals surface area contributed by atoms with E-state index in [1.54, 1.807) is 62.6 Å². The van der Waals surface area contributed by atoms with E-state index in [9.17, 15) is 9.59 Å². The van der Waals surface area contributed by atoms with Crippen molar-refractivity contribution in [3.05, 3.63) is 89.4 Å². The Kier molecular flexibility index (Phi) is 6.78. The number of nitrogens with one attached hydrogen (secondary N) is 1. The molecule has 3 aromatic rings. The quantitative estimate of drug-likeness (QED) is 0.211. The van der Waals surface area contributed by atoms with Gasteiger partial charge < -0.3 is 13.9 Å². The largest absolute Gasteiger partial charge is 0.497 e. The number of carbonyl (C=O) groups is 2. The fraction of sp³-hybridized carbons (Fsp3) is 0.0870. The number of methoxy groups -OCH3 is 1. The molecule has 0 spiro atoms. The van der Waals surface area contributed by atoms with Crippen LogP contribution in [0.1, 0.15) is 27.2 Å². The van der Waals surface area contributed by atoms with E-state index in [1.807, 2.05) is 12.1 Å². The first-order chi connectivity index (χ1) is 14.5. The number of nitrogens with zero attached hydrogens (tertiary/aromatic N) is 1. The van der Waals surface area contributed by atoms with Gasteiger partial charge in [0.25, 0.3) is 5.91 Å². The molecule has 1 aromatic heterocycles. The average molecular weight is 404 g/mol. The average Bonchev–Trinajstić information content (AvgIpc) is 3.19. The molecule has 0 bridgehead atoms. The summed E-state index contributed by atoms with van der Waals surface area (Å²) in [6.45, 7) is 1.69. The molecule has 0 aliphatic carbocycles. The third-order valence-electron chi connectivity index (χ3n) is 4.09. The zero-order valence-electron chi connectivity index (χ0n) is 16.5. The molecule has 1 heterocycles. The summed E-state index contributed by atoms with van der Waals surface area (Å²) >= 11 is 0. The number of rotatable bonds is 7. The Hall–Kier alpha value is -4.13. The summed E-state index contributed by atoms with van der Waals surface area (Å²) in [6.07, 6.45) is 5.89. The van der Waals surface area contributed by atoms with Gasteiger partial charge in [-0.25, -0.2) is 10.2 Å². The molecule has 152 valence electrons. The van der Waals surface area contributed by atoms with Crippen molar-refractivity contribution in [3.63, 3.8) is 0 Å². The maximum atomic E-state index is 12.1. The molecule has 0 aliphatic rings. The minimum atomic E-state index is -0.511. The van der Waals surface area contributed by atoms with E-state index in [0.717, 1.165) is 11.3 Å². The minimum absolute atomic E-state index is 0.361. The third kappa shape index (κ3) is 5.68. The van der Waals surface area contributed by atoms with Gasteiger partial charge in [-0.05, 0) is 54.5 Å². The summed E-state index contributed by atoms with van der Waals surface area (Å²) in [4.78, 5) is 24.0. The van der Waals surface area contributed by atoms with E-state index in [0.29, 0.717) is 22.6 Å². The van der Waals surface area contributed by atoms with Crippen molar-refractivity contribution >= 4 is 24.2 Å². The molecule has 7 nitrogen and oxygen atoms in total. The molecule has 0 fully saturated rings. The van der Waals surface area contributed by atoms with E-state index < -0.39 is 5.97 Å². The lowest BCUT2D eigenvalue weighted by Gasteiger charge is -2.03. The molecule has 1 amide bonds. The highest BCUT2D eigenvalue weighted by molar-refractivity contribution is 5.95. The number of furan rings is 1. The van der Waals surface area contributed by atoms with Crippen LogP contribution in [0, 0.1) is 6.92 Å². The Balaban J connectivity index is 1.56. The molecule has 1 N–H and O–H groups in total. The van der Waals surface area contributed by atoms with Crippen molar-refractivity contribution in [1.29, 1.82) is 0 Å². The number of benzene rings is 2. The standard InChI is InChI=1S/C23H20N2O5/c1-16-21(12-13-29-16)23(27)25-24-15-18-4-3-5-20(14-18)30-22(26)11-8-17-6-9-19(28-2)10-7-17/h3-15H,1-2H3,(H,25,27). The molecule has 0 aliphatic heterocycles. The van der Waals surface area contributed by atoms with Gasteiger partial charge in [0.05, 0.1) is 25.2 Å². The highest BCUT2D eigenvalue weighted by Gasteiger charge is 2.09. The van der Waals surface area contributed by atoms with Crippen LogP contribution in [0.15, 0.2) is 76.5 Å². The number of hydrogen-bond acceptors (Lipinski definition) is 6. The maximum Gasteiger partial charge on any atom is 0.336 e. The number of esters is 1. The van der Waals surface area contributed by atoms with Crippen molar-refractivity contribution in [2.24, 2.45) is 5.10 Å². The first-order valence-electron chi connectivity index (χ1n) is 9.06. The number of aryl methyl sites for hydroxylation is 1. The second-order valence-corrected chi connectivity index (χ2v) is 6.19. The molecular formula is C23H20N2O5. The smallest absolute Gasteiger partial charge is 0.336 e. The monoisotopic (exact) mass is 404 g/mol. The van der Waals surface area contributed by atoms with E-state index in [-0.39, 0.29) is 5.91 Å². The van der Waals surface area contributed by atoms with Gasteiger partial charge in [-0.15, -0.1) is 0 Å². The van der Waals surface area contributed by atoms with Crippen LogP contribution in [0.5, 0.6) is 11.5 Å². The van der Waals surface area contributed by atoms with Crippen molar-refractivity contribution < 1.29 is 23.5 Å². The van der Waals surface area contributed by atoms with Gasteiger partial charge in [-0.1, -0.05) is 24.3 Å². The highest BCUT2D eigenvalue weighted by atomic mass is 16.5. The zero-order valence-corrected chi connectivity index (χ0v) is 16.5. The SMILES string of the molecule is COc1ccc(C=CC(=O)Oc2cccc(C=NNC(=O)c3ccoc3C)c2)cc1. The molecule has 2 aromatic carbocycles. The Labute approximate surface area is 173 Å². The lowest BCUT2D eigenvalue weighted by molar-refractivity contribution is -0.128. The summed E-state index contributed by atoms with van der Waals surface area (Å²) in [7, 11) is 1.59. The normalized spacial score (nSPS) is 11.0. The highest BCUT2D eigenvalue weighted by Crippen LogP contribution is 2.14. The fourth-order valence-corrected chi connectivity index (χ4v) is 2.53. The second-order valence-electron chi connectivity index (χ2n) is 6.19. The Morgan fingerprint density at radius 3 is 2.53 bits per heavy atom. The van der Waals surface area contributed by atoms with Gasteiger partial charge in [0, 0.05) is 6.08 Å². The number of hydrogen-bond donors (Lipinski definition) is 1. The first kappa shape index (κ1) is 20.6. The predicted octanol–water partition coefficient (Wildman–Crippen LogP) is 3.98. The lowest BCUT2D eigenvalue weighted by Crippen LogP contribution is -2.17. The molecule has 0 saturated carbocycles. The number of amides is 1. The van der Waals surface area contributed by atoms with Gasteiger partial charge in [0.2, 0.25) is 0 Å². The molecular weight excluding hydrogens is 384 g/mol. The molecule has 0 saturated heterocycles. The van der Waals surface area contributed by atoms with Crippen molar-refractivity contribution in [2.75, 3.05) is 7.11 Å². The maximum absolute atomic E-state index is 12.1. The van der Waals surface area contributed by atoms with Gasteiger partial charge in [0.1, 0.15) is 17.3 Å². The third-order valence-corrected chi connectivity index (χ3v) is 4.09. The summed E-state index contributed by atoms with van der Waals surface area (Å²) in [5.41, 5.74) is 4.34. The molecule has 0 unspecified atom stereocenters. The van der Waals surface area contributed by atoms with Crippen molar-refractivity contribution in [1.82, 2.24) is 5.43 Å². The first-order valence-corrected chi connectivity index (χ1v) is 9.06. The molecule has 30 heavy (non-hydrogen) atoms. The van der Waals surface area contributed by atoms with E-state index in [4.69, 9.17) is 13.9 Å². The van der Waals surface area contributed by atoms with E-state index >= 15 is 0 Å². The van der Waals surface area contributed by atoms with Crippen LogP contribution in [0.25, 0.3) is 6.08 Å². The van der Waals surface area contributed by atoms with Crippen LogP contribution < -0.4 is 14.9 Å². The van der Waals surface area contributed by atoms with Crippen molar-refractivity contribution in [2.45, 2.75) is 6.92 Å². The Morgan fingerprint density at radius 1 is 1.03 bits per heavy atom. The fourth-order valence-electron chi connectivity index (χ4n) is 2.53. The van der Waals surface area contributed by atoms with Gasteiger partial charge in [0.15, 0.2) is 0 Å². The second kappa shape index (κ2) is 9.88. The number of ether oxygens (including phenoxy) is 2. The van der Waals surface area contributed by atoms with Crippen molar-refractivity contribution in [3.8, 4) is 11.5 Å². The summed E-state index contributed by atoms with van der Waals surface area (Å²) in [6, 6.07) is 15.6. The zero-order chi connectivity index (χ0) is 21.3.